The molecule has 7 heteroatoms. The lowest BCUT2D eigenvalue weighted by Crippen LogP contribution is -2.30. The highest BCUT2D eigenvalue weighted by atomic mass is 16.5. The number of aliphatic hydroxyl groups excluding tert-OH is 1. The summed E-state index contributed by atoms with van der Waals surface area (Å²) < 4.78 is 12.1. The number of anilines is 1. The van der Waals surface area contributed by atoms with Gasteiger partial charge in [0.1, 0.15) is 36.1 Å². The number of hydrogen-bond acceptors (Lipinski definition) is 7. The van der Waals surface area contributed by atoms with E-state index in [2.05, 4.69) is 65.2 Å². The van der Waals surface area contributed by atoms with Crippen LogP contribution < -0.4 is 14.8 Å². The molecule has 3 atom stereocenters. The average molecular weight is 463 g/mol. The van der Waals surface area contributed by atoms with Crippen molar-refractivity contribution in [3.8, 4) is 11.5 Å². The molecule has 180 valence electrons. The predicted molar refractivity (Wildman–Crippen MR) is 133 cm³/mol. The van der Waals surface area contributed by atoms with Gasteiger partial charge in [0.2, 0.25) is 0 Å². The minimum absolute atomic E-state index is 0.0977. The van der Waals surface area contributed by atoms with Gasteiger partial charge in [-0.05, 0) is 74.2 Å². The third-order valence-corrected chi connectivity index (χ3v) is 6.29. The van der Waals surface area contributed by atoms with Crippen molar-refractivity contribution in [2.45, 2.75) is 52.5 Å². The number of aryl methyl sites for hydroxylation is 2. The normalized spacial score (nSPS) is 19.1. The van der Waals surface area contributed by atoms with Gasteiger partial charge in [-0.25, -0.2) is 4.98 Å². The monoisotopic (exact) mass is 462 g/mol. The van der Waals surface area contributed by atoms with Crippen LogP contribution in [0, 0.1) is 20.8 Å². The number of benzene rings is 2. The van der Waals surface area contributed by atoms with Crippen LogP contribution in [-0.4, -0.2) is 57.9 Å². The zero-order valence-electron chi connectivity index (χ0n) is 20.4. The highest BCUT2D eigenvalue weighted by Crippen LogP contribution is 2.25. The first kappa shape index (κ1) is 24.0. The van der Waals surface area contributed by atoms with Crippen LogP contribution >= 0.6 is 0 Å². The van der Waals surface area contributed by atoms with Crippen molar-refractivity contribution < 1.29 is 14.6 Å². The van der Waals surface area contributed by atoms with Crippen LogP contribution in [0.15, 0.2) is 55.0 Å². The standard InChI is InChI=1S/C27H34N4O3/c1-18-11-24(12-19(2)21(18)4)34-26-16-31(15-25(26)32)14-22-5-7-23(8-6-22)33-17-20(3)30-27-13-28-9-10-29-27/h5-13,20,25-26,32H,14-17H2,1-4H3,(H,29,30)/t20-,25-,26-/m0/s1. The van der Waals surface area contributed by atoms with E-state index in [1.807, 2.05) is 19.1 Å². The molecule has 1 aliphatic heterocycles. The Balaban J connectivity index is 1.25. The lowest BCUT2D eigenvalue weighted by atomic mass is 10.0. The maximum Gasteiger partial charge on any atom is 0.144 e. The molecule has 0 amide bonds. The minimum atomic E-state index is -0.507. The van der Waals surface area contributed by atoms with Crippen LogP contribution in [0.2, 0.25) is 0 Å². The molecule has 0 aliphatic carbocycles. The molecule has 1 saturated heterocycles. The maximum absolute atomic E-state index is 10.6. The van der Waals surface area contributed by atoms with Gasteiger partial charge in [0.15, 0.2) is 0 Å². The first-order chi connectivity index (χ1) is 16.4. The number of β-amino-alcohol motifs (C(OH)–C–C–N with tert-alkyl or cyclic N) is 1. The summed E-state index contributed by atoms with van der Waals surface area (Å²) in [4.78, 5) is 10.5. The number of nitrogens with one attached hydrogen (secondary N) is 1. The molecule has 3 aromatic rings. The Kier molecular flexibility index (Phi) is 7.65. The largest absolute Gasteiger partial charge is 0.491 e. The quantitative estimate of drug-likeness (QED) is 0.499. The number of aliphatic hydroxyl groups is 1. The third kappa shape index (κ3) is 6.24. The Labute approximate surface area is 201 Å². The molecule has 2 N–H and O–H groups in total. The van der Waals surface area contributed by atoms with Gasteiger partial charge in [0.05, 0.1) is 12.2 Å². The van der Waals surface area contributed by atoms with Crippen molar-refractivity contribution in [1.82, 2.24) is 14.9 Å². The second-order valence-electron chi connectivity index (χ2n) is 9.19. The molecule has 0 unspecified atom stereocenters. The van der Waals surface area contributed by atoms with E-state index in [0.29, 0.717) is 19.7 Å². The van der Waals surface area contributed by atoms with Crippen LogP contribution in [-0.2, 0) is 6.54 Å². The van der Waals surface area contributed by atoms with Gasteiger partial charge in [-0.15, -0.1) is 0 Å². The van der Waals surface area contributed by atoms with Crippen LogP contribution in [0.3, 0.4) is 0 Å². The second kappa shape index (κ2) is 10.8. The van der Waals surface area contributed by atoms with Gasteiger partial charge in [-0.1, -0.05) is 12.1 Å². The smallest absolute Gasteiger partial charge is 0.144 e. The lowest BCUT2D eigenvalue weighted by Gasteiger charge is -2.19. The summed E-state index contributed by atoms with van der Waals surface area (Å²) in [5.74, 6) is 2.39. The zero-order valence-corrected chi connectivity index (χ0v) is 20.4. The number of aromatic nitrogens is 2. The van der Waals surface area contributed by atoms with Crippen LogP contribution in [0.5, 0.6) is 11.5 Å². The fourth-order valence-corrected chi connectivity index (χ4v) is 4.15. The third-order valence-electron chi connectivity index (χ3n) is 6.29. The van der Waals surface area contributed by atoms with Gasteiger partial charge >= 0.3 is 0 Å². The van der Waals surface area contributed by atoms with E-state index in [-0.39, 0.29) is 12.1 Å². The van der Waals surface area contributed by atoms with Crippen LogP contribution in [0.4, 0.5) is 5.82 Å². The topological polar surface area (TPSA) is 79.7 Å². The predicted octanol–water partition coefficient (Wildman–Crippen LogP) is 3.91. The lowest BCUT2D eigenvalue weighted by molar-refractivity contribution is 0.0736. The number of nitrogens with zero attached hydrogens (tertiary/aromatic N) is 3. The molecule has 7 nitrogen and oxygen atoms in total. The summed E-state index contributed by atoms with van der Waals surface area (Å²) in [6, 6.07) is 12.3. The molecule has 2 heterocycles. The molecule has 1 fully saturated rings. The molecule has 1 aromatic heterocycles. The molecule has 0 saturated carbocycles. The molecule has 34 heavy (non-hydrogen) atoms. The Morgan fingerprint density at radius 2 is 1.79 bits per heavy atom. The molecule has 2 aromatic carbocycles. The van der Waals surface area contributed by atoms with Gasteiger partial charge in [0.25, 0.3) is 0 Å². The van der Waals surface area contributed by atoms with Crippen LogP contribution in [0.25, 0.3) is 0 Å². The van der Waals surface area contributed by atoms with Gasteiger partial charge < -0.3 is 19.9 Å². The van der Waals surface area contributed by atoms with E-state index in [9.17, 15) is 5.11 Å². The number of hydrogen-bond donors (Lipinski definition) is 2. The molecular weight excluding hydrogens is 428 g/mol. The molecule has 1 aliphatic rings. The summed E-state index contributed by atoms with van der Waals surface area (Å²) in [5, 5.41) is 13.8. The van der Waals surface area contributed by atoms with Crippen molar-refractivity contribution >= 4 is 5.82 Å². The Hall–Kier alpha value is -3.16. The zero-order chi connectivity index (χ0) is 24.1. The molecule has 0 radical (unpaired) electrons. The van der Waals surface area contributed by atoms with Gasteiger partial charge in [-0.3, -0.25) is 9.88 Å². The Morgan fingerprint density at radius 1 is 1.06 bits per heavy atom. The summed E-state index contributed by atoms with van der Waals surface area (Å²) in [6.07, 6.45) is 4.27. The van der Waals surface area contributed by atoms with Crippen molar-refractivity contribution in [3.63, 3.8) is 0 Å². The van der Waals surface area contributed by atoms with Crippen molar-refractivity contribution in [1.29, 1.82) is 0 Å². The summed E-state index contributed by atoms with van der Waals surface area (Å²) in [6.45, 7) is 10.9. The van der Waals surface area contributed by atoms with Crippen molar-refractivity contribution in [2.24, 2.45) is 0 Å². The molecule has 0 bridgehead atoms. The molecular formula is C27H34N4O3. The van der Waals surface area contributed by atoms with E-state index >= 15 is 0 Å². The van der Waals surface area contributed by atoms with Crippen molar-refractivity contribution in [2.75, 3.05) is 25.0 Å². The van der Waals surface area contributed by atoms with E-state index in [4.69, 9.17) is 9.47 Å². The Bertz CT molecular complexity index is 1050. The SMILES string of the molecule is Cc1cc(O[C@H]2CN(Cc3ccc(OC[C@H](C)Nc4cnccn4)cc3)C[C@@H]2O)cc(C)c1C. The molecule has 4 rings (SSSR count). The highest BCUT2D eigenvalue weighted by Gasteiger charge is 2.33. The summed E-state index contributed by atoms with van der Waals surface area (Å²) in [7, 11) is 0. The van der Waals surface area contributed by atoms with Crippen molar-refractivity contribution in [3.05, 3.63) is 77.2 Å². The fraction of sp³-hybridized carbons (Fsp3) is 0.407. The van der Waals surface area contributed by atoms with E-state index in [1.54, 1.807) is 18.6 Å². The summed E-state index contributed by atoms with van der Waals surface area (Å²) in [5.41, 5.74) is 4.87. The first-order valence-electron chi connectivity index (χ1n) is 11.8. The fourth-order valence-electron chi connectivity index (χ4n) is 4.15. The second-order valence-corrected chi connectivity index (χ2v) is 9.19. The van der Waals surface area contributed by atoms with E-state index in [1.165, 1.54) is 22.3 Å². The first-order valence-corrected chi connectivity index (χ1v) is 11.8. The van der Waals surface area contributed by atoms with Gasteiger partial charge in [0, 0.05) is 32.0 Å². The molecule has 0 spiro atoms. The average Bonchev–Trinajstić information content (AvgIpc) is 3.16. The van der Waals surface area contributed by atoms with Crippen LogP contribution in [0.1, 0.15) is 29.2 Å². The Morgan fingerprint density at radius 3 is 2.47 bits per heavy atom. The number of rotatable bonds is 9. The minimum Gasteiger partial charge on any atom is -0.491 e. The highest BCUT2D eigenvalue weighted by molar-refractivity contribution is 5.40. The van der Waals surface area contributed by atoms with Gasteiger partial charge in [-0.2, -0.15) is 0 Å². The number of likely N-dealkylation sites (tertiary alicyclic amines) is 1. The summed E-state index contributed by atoms with van der Waals surface area (Å²) >= 11 is 0. The maximum atomic E-state index is 10.6. The van der Waals surface area contributed by atoms with E-state index < -0.39 is 6.10 Å². The van der Waals surface area contributed by atoms with E-state index in [0.717, 1.165) is 23.9 Å². The number of ether oxygens (including phenoxy) is 2.